The number of nitrogens with two attached hydrogens (primary N) is 3. The first-order valence-corrected chi connectivity index (χ1v) is 21.2. The van der Waals surface area contributed by atoms with Gasteiger partial charge in [-0.2, -0.15) is 0 Å². The van der Waals surface area contributed by atoms with Crippen LogP contribution in [0.1, 0.15) is 69.3 Å². The molecule has 6 rings (SSSR count). The summed E-state index contributed by atoms with van der Waals surface area (Å²) in [5, 5.41) is 0.747. The molecular weight excluding hydrogens is 742 g/mol. The van der Waals surface area contributed by atoms with Gasteiger partial charge in [-0.1, -0.05) is 57.0 Å². The normalized spacial score (nSPS) is 19.3. The molecule has 3 fully saturated rings. The lowest BCUT2D eigenvalue weighted by Gasteiger charge is -2.40. The molecule has 3 heterocycles. The van der Waals surface area contributed by atoms with E-state index in [0.29, 0.717) is 50.7 Å². The predicted molar refractivity (Wildman–Crippen MR) is 232 cm³/mol. The van der Waals surface area contributed by atoms with E-state index in [1.54, 1.807) is 17.0 Å². The number of benzene rings is 2. The minimum Gasteiger partial charge on any atom is -0.369 e. The monoisotopic (exact) mass is 810 g/mol. The highest BCUT2D eigenvalue weighted by Crippen LogP contribution is 2.37. The minimum absolute atomic E-state index is 0.0996. The molecule has 1 aliphatic carbocycles. The standard InChI is InChI=1S/C38H51ClN8O4.2C2H6.CH5N/c39-32-6-2-29(3-7-32)34-10-1-28(23-31(34)26-43-11-17-45(18-12-43)33-8-4-30(5-9-33)38(41)51)25-42-13-19-46(20-14-42)36(49)24-37(50)47-21-15-44(16-22-47)27-35(40)48;3*1-2/h2-9,28H,1,10-27H2,(H2,40,48)(H2,41,51);2*1-2H3;2H2,1H3. The van der Waals surface area contributed by atoms with Gasteiger partial charge in [0.2, 0.25) is 23.6 Å². The van der Waals surface area contributed by atoms with E-state index in [1.807, 2.05) is 61.8 Å². The molecular formula is C43H68ClN9O4. The van der Waals surface area contributed by atoms with Gasteiger partial charge in [0.25, 0.3) is 0 Å². The molecule has 0 saturated carbocycles. The van der Waals surface area contributed by atoms with Gasteiger partial charge in [0.05, 0.1) is 6.54 Å². The Kier molecular flexibility index (Phi) is 20.5. The topological polar surface area (TPSA) is 166 Å². The average Bonchev–Trinajstić information content (AvgIpc) is 3.24. The number of amides is 4. The summed E-state index contributed by atoms with van der Waals surface area (Å²) in [4.78, 5) is 61.6. The van der Waals surface area contributed by atoms with Crippen LogP contribution in [0, 0.1) is 5.92 Å². The lowest BCUT2D eigenvalue weighted by atomic mass is 9.80. The fourth-order valence-corrected chi connectivity index (χ4v) is 8.08. The van der Waals surface area contributed by atoms with Crippen LogP contribution in [-0.4, -0.2) is 153 Å². The number of rotatable bonds is 11. The Morgan fingerprint density at radius 1 is 0.667 bits per heavy atom. The second-order valence-corrected chi connectivity index (χ2v) is 14.8. The van der Waals surface area contributed by atoms with Crippen molar-refractivity contribution in [2.45, 2.75) is 53.4 Å². The lowest BCUT2D eigenvalue weighted by Crippen LogP contribution is -2.53. The average molecular weight is 811 g/mol. The summed E-state index contributed by atoms with van der Waals surface area (Å²) in [6.45, 7) is 19.0. The molecule has 4 amide bonds. The Morgan fingerprint density at radius 2 is 1.18 bits per heavy atom. The number of primary amides is 2. The fourth-order valence-electron chi connectivity index (χ4n) is 7.96. The number of hydrogen-bond donors (Lipinski definition) is 3. The maximum atomic E-state index is 13.1. The Labute approximate surface area is 346 Å². The van der Waals surface area contributed by atoms with Crippen molar-refractivity contribution >= 4 is 46.5 Å². The summed E-state index contributed by atoms with van der Waals surface area (Å²) < 4.78 is 0. The first kappa shape index (κ1) is 47.4. The van der Waals surface area contributed by atoms with E-state index < -0.39 is 5.91 Å². The molecule has 316 valence electrons. The lowest BCUT2D eigenvalue weighted by molar-refractivity contribution is -0.142. The highest BCUT2D eigenvalue weighted by Gasteiger charge is 2.30. The second-order valence-electron chi connectivity index (χ2n) is 14.4. The van der Waals surface area contributed by atoms with Crippen molar-refractivity contribution in [2.75, 3.05) is 110 Å². The van der Waals surface area contributed by atoms with Crippen LogP contribution in [-0.2, 0) is 14.4 Å². The Bertz CT molecular complexity index is 1580. The van der Waals surface area contributed by atoms with E-state index in [1.165, 1.54) is 23.8 Å². The van der Waals surface area contributed by atoms with Crippen LogP contribution in [0.15, 0.2) is 54.1 Å². The zero-order chi connectivity index (χ0) is 41.9. The molecule has 14 heteroatoms. The smallest absolute Gasteiger partial charge is 0.248 e. The number of nitrogens with zero attached hydrogens (tertiary/aromatic N) is 6. The van der Waals surface area contributed by atoms with Crippen LogP contribution >= 0.6 is 11.6 Å². The Morgan fingerprint density at radius 3 is 1.68 bits per heavy atom. The zero-order valence-electron chi connectivity index (χ0n) is 35.1. The van der Waals surface area contributed by atoms with E-state index >= 15 is 0 Å². The number of allylic oxidation sites excluding steroid dienone is 1. The SMILES string of the molecule is CC.CC.CN.NC(=O)CN1CCN(C(=O)CC(=O)N2CCN(CC3CCC(c4ccc(Cl)cc4)=C(CN4CCN(c5ccc(C(N)=O)cc5)CC4)C3)CC2)CC1. The first-order chi connectivity index (χ1) is 27.6. The predicted octanol–water partition coefficient (Wildman–Crippen LogP) is 3.61. The van der Waals surface area contributed by atoms with E-state index in [0.717, 1.165) is 82.3 Å². The van der Waals surface area contributed by atoms with Crippen molar-refractivity contribution in [1.82, 2.24) is 24.5 Å². The van der Waals surface area contributed by atoms with Crippen LogP contribution in [0.2, 0.25) is 5.02 Å². The minimum atomic E-state index is -0.408. The van der Waals surface area contributed by atoms with Gasteiger partial charge in [0.15, 0.2) is 0 Å². The third-order valence-electron chi connectivity index (χ3n) is 10.9. The molecule has 2 aromatic rings. The Balaban J connectivity index is 0.00000138. The number of anilines is 1. The van der Waals surface area contributed by atoms with Gasteiger partial charge in [-0.25, -0.2) is 0 Å². The molecule has 2 aromatic carbocycles. The van der Waals surface area contributed by atoms with Gasteiger partial charge in [-0.3, -0.25) is 33.9 Å². The number of carbonyl (C=O) groups excluding carboxylic acids is 4. The molecule has 0 bridgehead atoms. The van der Waals surface area contributed by atoms with Gasteiger partial charge in [0.1, 0.15) is 6.42 Å². The molecule has 0 aromatic heterocycles. The summed E-state index contributed by atoms with van der Waals surface area (Å²) in [5.41, 5.74) is 21.1. The summed E-state index contributed by atoms with van der Waals surface area (Å²) in [5.74, 6) is -0.477. The van der Waals surface area contributed by atoms with Crippen molar-refractivity contribution in [3.05, 3.63) is 70.3 Å². The van der Waals surface area contributed by atoms with Crippen LogP contribution in [0.5, 0.6) is 0 Å². The maximum Gasteiger partial charge on any atom is 0.248 e. The fraction of sp³-hybridized carbons (Fsp3) is 0.581. The quantitative estimate of drug-likeness (QED) is 0.288. The van der Waals surface area contributed by atoms with E-state index in [-0.39, 0.29) is 30.7 Å². The number of carbonyl (C=O) groups is 4. The van der Waals surface area contributed by atoms with Crippen molar-refractivity contribution in [3.8, 4) is 0 Å². The Hall–Kier alpha value is -4.01. The van der Waals surface area contributed by atoms with Gasteiger partial charge >= 0.3 is 0 Å². The van der Waals surface area contributed by atoms with Gasteiger partial charge in [-0.15, -0.1) is 0 Å². The van der Waals surface area contributed by atoms with E-state index in [2.05, 4.69) is 32.6 Å². The second kappa shape index (κ2) is 24.7. The molecule has 57 heavy (non-hydrogen) atoms. The molecule has 0 radical (unpaired) electrons. The maximum absolute atomic E-state index is 13.1. The number of hydrogen-bond acceptors (Lipinski definition) is 9. The summed E-state index contributed by atoms with van der Waals surface area (Å²) in [6, 6.07) is 15.8. The number of halogens is 1. The summed E-state index contributed by atoms with van der Waals surface area (Å²) >= 11 is 6.26. The van der Waals surface area contributed by atoms with E-state index in [4.69, 9.17) is 23.1 Å². The van der Waals surface area contributed by atoms with Crippen molar-refractivity contribution in [3.63, 3.8) is 0 Å². The van der Waals surface area contributed by atoms with Crippen LogP contribution < -0.4 is 22.1 Å². The van der Waals surface area contributed by atoms with Crippen molar-refractivity contribution in [1.29, 1.82) is 0 Å². The van der Waals surface area contributed by atoms with Crippen molar-refractivity contribution in [2.24, 2.45) is 23.1 Å². The molecule has 1 unspecified atom stereocenters. The zero-order valence-corrected chi connectivity index (χ0v) is 35.8. The molecule has 0 spiro atoms. The third-order valence-corrected chi connectivity index (χ3v) is 11.2. The highest BCUT2D eigenvalue weighted by atomic mass is 35.5. The molecule has 4 aliphatic rings. The summed E-state index contributed by atoms with van der Waals surface area (Å²) in [6.07, 6.45) is 3.10. The van der Waals surface area contributed by atoms with Gasteiger partial charge in [-0.05, 0) is 79.8 Å². The first-order valence-electron chi connectivity index (χ1n) is 20.8. The molecule has 1 atom stereocenters. The van der Waals surface area contributed by atoms with E-state index in [9.17, 15) is 19.2 Å². The van der Waals surface area contributed by atoms with Crippen LogP contribution in [0.4, 0.5) is 5.69 Å². The molecule has 3 saturated heterocycles. The van der Waals surface area contributed by atoms with Crippen LogP contribution in [0.25, 0.3) is 5.57 Å². The van der Waals surface area contributed by atoms with Gasteiger partial charge in [0, 0.05) is 108 Å². The largest absolute Gasteiger partial charge is 0.369 e. The number of piperazine rings is 3. The molecule has 13 nitrogen and oxygen atoms in total. The van der Waals surface area contributed by atoms with Gasteiger partial charge < -0.3 is 31.9 Å². The van der Waals surface area contributed by atoms with Crippen molar-refractivity contribution < 1.29 is 19.2 Å². The highest BCUT2D eigenvalue weighted by molar-refractivity contribution is 6.30. The summed E-state index contributed by atoms with van der Waals surface area (Å²) in [7, 11) is 1.50. The molecule has 3 aliphatic heterocycles. The third kappa shape index (κ3) is 14.4. The van der Waals surface area contributed by atoms with Crippen LogP contribution in [0.3, 0.4) is 0 Å². The molecule has 6 N–H and O–H groups in total.